The zero-order chi connectivity index (χ0) is 23.1. The van der Waals surface area contributed by atoms with Crippen molar-refractivity contribution in [1.29, 1.82) is 0 Å². The molecule has 3 unspecified atom stereocenters. The molecule has 31 heavy (non-hydrogen) atoms. The minimum atomic E-state index is -0.164. The molecule has 2 amide bonds. The molecule has 0 aromatic rings. The van der Waals surface area contributed by atoms with Gasteiger partial charge in [-0.1, -0.05) is 12.0 Å². The van der Waals surface area contributed by atoms with Crippen molar-refractivity contribution in [3.8, 4) is 12.3 Å². The fraction of sp³-hybridized carbons (Fsp3) is 0.652. The predicted octanol–water partition coefficient (Wildman–Crippen LogP) is 0.235. The molecule has 0 saturated carbocycles. The van der Waals surface area contributed by atoms with Crippen molar-refractivity contribution in [1.82, 2.24) is 20.4 Å². The van der Waals surface area contributed by atoms with E-state index in [1.165, 1.54) is 0 Å². The number of aldehydes is 2. The topological polar surface area (TPSA) is 98.8 Å². The second-order valence-electron chi connectivity index (χ2n) is 8.00. The largest absolute Gasteiger partial charge is 0.351 e. The number of amides is 2. The maximum absolute atomic E-state index is 11.7. The van der Waals surface area contributed by atoms with E-state index >= 15 is 0 Å². The number of hydrogen-bond donors (Lipinski definition) is 2. The van der Waals surface area contributed by atoms with Crippen LogP contribution in [-0.4, -0.2) is 86.0 Å². The van der Waals surface area contributed by atoms with E-state index in [0.29, 0.717) is 26.2 Å². The first-order valence-corrected chi connectivity index (χ1v) is 10.9. The van der Waals surface area contributed by atoms with Gasteiger partial charge in [0.25, 0.3) is 0 Å². The van der Waals surface area contributed by atoms with Gasteiger partial charge in [-0.25, -0.2) is 0 Å². The molecular weight excluding hydrogens is 396 g/mol. The number of nitrogens with zero attached hydrogens (tertiary/aromatic N) is 2. The van der Waals surface area contributed by atoms with Crippen LogP contribution in [-0.2, 0) is 19.2 Å². The monoisotopic (exact) mass is 432 g/mol. The zero-order valence-electron chi connectivity index (χ0n) is 18.6. The lowest BCUT2D eigenvalue weighted by Gasteiger charge is -2.34. The Kier molecular flexibility index (Phi) is 13.1. The van der Waals surface area contributed by atoms with Crippen LogP contribution in [0.1, 0.15) is 32.6 Å². The summed E-state index contributed by atoms with van der Waals surface area (Å²) >= 11 is 0. The van der Waals surface area contributed by atoms with E-state index in [1.54, 1.807) is 6.08 Å². The standard InChI is InChI=1S/C12H20N2O2.C11H16N2O2/c1-3-6-13-12(16)10(2)14-7-4-5-11(8-14)9-15;1-2-5-12-11(15)8-13-6-3-4-10(7-13)9-14/h3,9-11H,1,4-8H2,2H3,(H,13,16);1,9-10H,3-8H2,(H,12,15). The molecule has 2 saturated heterocycles. The fourth-order valence-electron chi connectivity index (χ4n) is 3.74. The lowest BCUT2D eigenvalue weighted by Crippen LogP contribution is -2.49. The van der Waals surface area contributed by atoms with Crippen LogP contribution in [0.25, 0.3) is 0 Å². The molecule has 8 heteroatoms. The number of likely N-dealkylation sites (tertiary alicyclic amines) is 2. The van der Waals surface area contributed by atoms with Gasteiger partial charge in [-0.3, -0.25) is 19.4 Å². The number of nitrogens with one attached hydrogen (secondary N) is 2. The number of carbonyl (C=O) groups is 4. The van der Waals surface area contributed by atoms with Crippen LogP contribution in [0, 0.1) is 24.2 Å². The zero-order valence-corrected chi connectivity index (χ0v) is 18.6. The Hall–Kier alpha value is -2.50. The first kappa shape index (κ1) is 26.5. The van der Waals surface area contributed by atoms with Crippen LogP contribution in [0.2, 0.25) is 0 Å². The molecule has 0 aliphatic carbocycles. The summed E-state index contributed by atoms with van der Waals surface area (Å²) < 4.78 is 0. The van der Waals surface area contributed by atoms with Gasteiger partial charge in [0.1, 0.15) is 12.6 Å². The molecule has 2 fully saturated rings. The summed E-state index contributed by atoms with van der Waals surface area (Å²) in [7, 11) is 0. The second kappa shape index (κ2) is 15.3. The van der Waals surface area contributed by atoms with Crippen molar-refractivity contribution < 1.29 is 19.2 Å². The van der Waals surface area contributed by atoms with E-state index in [0.717, 1.165) is 51.3 Å². The van der Waals surface area contributed by atoms with Crippen molar-refractivity contribution >= 4 is 24.4 Å². The maximum atomic E-state index is 11.7. The van der Waals surface area contributed by atoms with Crippen LogP contribution in [0.15, 0.2) is 12.7 Å². The Morgan fingerprint density at radius 2 is 1.77 bits per heavy atom. The van der Waals surface area contributed by atoms with Gasteiger partial charge in [0.05, 0.1) is 19.1 Å². The van der Waals surface area contributed by atoms with Gasteiger partial charge < -0.3 is 20.2 Å². The van der Waals surface area contributed by atoms with Crippen LogP contribution in [0.4, 0.5) is 0 Å². The molecule has 172 valence electrons. The number of rotatable bonds is 9. The summed E-state index contributed by atoms with van der Waals surface area (Å²) in [5.74, 6) is 2.45. The highest BCUT2D eigenvalue weighted by molar-refractivity contribution is 5.81. The highest BCUT2D eigenvalue weighted by Gasteiger charge is 2.26. The molecule has 2 aliphatic rings. The molecule has 0 aromatic heterocycles. The van der Waals surface area contributed by atoms with Gasteiger partial charge in [0.15, 0.2) is 0 Å². The van der Waals surface area contributed by atoms with Crippen molar-refractivity contribution in [2.45, 2.75) is 38.6 Å². The SMILES string of the molecule is C#CCNC(=O)CN1CCCC(C=O)C1.C=CCNC(=O)C(C)N1CCCC(C=O)C1. The van der Waals surface area contributed by atoms with E-state index in [4.69, 9.17) is 6.42 Å². The Balaban J connectivity index is 0.000000311. The molecule has 0 spiro atoms. The molecule has 3 atom stereocenters. The summed E-state index contributed by atoms with van der Waals surface area (Å²) in [6.07, 6.45) is 12.5. The molecular formula is C23H36N4O4. The molecule has 2 aliphatic heterocycles. The predicted molar refractivity (Wildman–Crippen MR) is 120 cm³/mol. The Morgan fingerprint density at radius 3 is 2.39 bits per heavy atom. The Bertz CT molecular complexity index is 646. The summed E-state index contributed by atoms with van der Waals surface area (Å²) in [6, 6.07) is -0.164. The molecule has 0 aromatic carbocycles. The average molecular weight is 433 g/mol. The van der Waals surface area contributed by atoms with Crippen LogP contribution in [0.3, 0.4) is 0 Å². The maximum Gasteiger partial charge on any atom is 0.237 e. The minimum Gasteiger partial charge on any atom is -0.351 e. The normalized spacial score (nSPS) is 22.6. The average Bonchev–Trinajstić information content (AvgIpc) is 2.81. The van der Waals surface area contributed by atoms with Gasteiger partial charge in [-0.05, 0) is 45.7 Å². The van der Waals surface area contributed by atoms with Crippen molar-refractivity contribution in [3.05, 3.63) is 12.7 Å². The smallest absolute Gasteiger partial charge is 0.237 e. The number of hydrogen-bond acceptors (Lipinski definition) is 6. The van der Waals surface area contributed by atoms with Crippen LogP contribution in [0.5, 0.6) is 0 Å². The summed E-state index contributed by atoms with van der Waals surface area (Å²) in [5.41, 5.74) is 0. The van der Waals surface area contributed by atoms with Crippen molar-refractivity contribution in [2.75, 3.05) is 45.8 Å². The number of carbonyl (C=O) groups excluding carboxylic acids is 4. The lowest BCUT2D eigenvalue weighted by molar-refractivity contribution is -0.127. The highest BCUT2D eigenvalue weighted by atomic mass is 16.2. The Morgan fingerprint density at radius 1 is 1.13 bits per heavy atom. The number of terminal acetylenes is 1. The highest BCUT2D eigenvalue weighted by Crippen LogP contribution is 2.16. The van der Waals surface area contributed by atoms with E-state index in [1.807, 2.05) is 11.8 Å². The first-order valence-electron chi connectivity index (χ1n) is 10.9. The molecule has 0 radical (unpaired) electrons. The van der Waals surface area contributed by atoms with Crippen LogP contribution >= 0.6 is 0 Å². The molecule has 8 nitrogen and oxygen atoms in total. The minimum absolute atomic E-state index is 0.00597. The first-order chi connectivity index (χ1) is 14.9. The fourth-order valence-corrected chi connectivity index (χ4v) is 3.74. The third-order valence-corrected chi connectivity index (χ3v) is 5.52. The molecule has 0 bridgehead atoms. The van der Waals surface area contributed by atoms with Gasteiger partial charge in [0.2, 0.25) is 11.8 Å². The lowest BCUT2D eigenvalue weighted by atomic mass is 9.98. The third kappa shape index (κ3) is 10.4. The summed E-state index contributed by atoms with van der Waals surface area (Å²) in [5, 5.41) is 5.38. The Labute approximate surface area is 185 Å². The van der Waals surface area contributed by atoms with Crippen molar-refractivity contribution in [2.24, 2.45) is 11.8 Å². The third-order valence-electron chi connectivity index (χ3n) is 5.52. The van der Waals surface area contributed by atoms with Gasteiger partial charge in [-0.2, -0.15) is 0 Å². The molecule has 2 rings (SSSR count). The van der Waals surface area contributed by atoms with Crippen molar-refractivity contribution in [3.63, 3.8) is 0 Å². The van der Waals surface area contributed by atoms with E-state index in [9.17, 15) is 19.2 Å². The molecule has 2 N–H and O–H groups in total. The van der Waals surface area contributed by atoms with Gasteiger partial charge in [-0.15, -0.1) is 13.0 Å². The van der Waals surface area contributed by atoms with Gasteiger partial charge in [0, 0.05) is 31.5 Å². The second-order valence-corrected chi connectivity index (χ2v) is 8.00. The quantitative estimate of drug-likeness (QED) is 0.308. The number of piperidine rings is 2. The van der Waals surface area contributed by atoms with E-state index in [2.05, 4.69) is 28.0 Å². The summed E-state index contributed by atoms with van der Waals surface area (Å²) in [6.45, 7) is 9.70. The van der Waals surface area contributed by atoms with E-state index in [-0.39, 0.29) is 36.2 Å². The summed E-state index contributed by atoms with van der Waals surface area (Å²) in [4.78, 5) is 48.4. The molecule has 2 heterocycles. The van der Waals surface area contributed by atoms with E-state index < -0.39 is 0 Å². The van der Waals surface area contributed by atoms with Gasteiger partial charge >= 0.3 is 0 Å². The van der Waals surface area contributed by atoms with Crippen LogP contribution < -0.4 is 10.6 Å².